The molecule has 0 amide bonds. The van der Waals surface area contributed by atoms with E-state index in [1.807, 2.05) is 20.8 Å². The maximum atomic E-state index is 13.2. The Morgan fingerprint density at radius 3 is 1.70 bits per heavy atom. The van der Waals surface area contributed by atoms with Crippen LogP contribution in [0.3, 0.4) is 0 Å². The molecular weight excluding hydrogens is 460 g/mol. The Morgan fingerprint density at radius 1 is 0.636 bits per heavy atom. The summed E-state index contributed by atoms with van der Waals surface area (Å²) in [5.74, 6) is 0.389. The zero-order valence-electron chi connectivity index (χ0n) is 19.5. The number of hydrogen-bond donors (Lipinski definition) is 2. The average molecular weight is 489 g/mol. The zero-order valence-corrected chi connectivity index (χ0v) is 21.1. The molecule has 3 rings (SSSR count). The number of methoxy groups -OCH3 is 1. The molecule has 0 atom stereocenters. The molecular formula is C24H28N2O5S2. The Kier molecular flexibility index (Phi) is 6.76. The van der Waals surface area contributed by atoms with Crippen LogP contribution in [0.5, 0.6) is 5.75 Å². The number of nitrogens with one attached hydrogen (secondary N) is 2. The first-order valence-corrected chi connectivity index (χ1v) is 13.2. The lowest BCUT2D eigenvalue weighted by atomic mass is 9.95. The number of ether oxygens (including phenoxy) is 1. The summed E-state index contributed by atoms with van der Waals surface area (Å²) < 4.78 is 62.2. The van der Waals surface area contributed by atoms with Crippen LogP contribution in [0.4, 0.5) is 11.4 Å². The molecule has 7 nitrogen and oxygen atoms in total. The molecule has 0 bridgehead atoms. The second-order valence-electron chi connectivity index (χ2n) is 7.89. The van der Waals surface area contributed by atoms with Crippen molar-refractivity contribution in [1.82, 2.24) is 0 Å². The van der Waals surface area contributed by atoms with E-state index in [9.17, 15) is 16.8 Å². The molecule has 2 N–H and O–H groups in total. The normalized spacial score (nSPS) is 11.8. The minimum atomic E-state index is -3.90. The molecule has 0 aliphatic carbocycles. The van der Waals surface area contributed by atoms with Crippen LogP contribution in [0.15, 0.2) is 58.3 Å². The Bertz CT molecular complexity index is 1380. The van der Waals surface area contributed by atoms with E-state index in [1.165, 1.54) is 31.4 Å². The van der Waals surface area contributed by atoms with Gasteiger partial charge in [0.05, 0.1) is 22.6 Å². The van der Waals surface area contributed by atoms with Crippen LogP contribution in [0.1, 0.15) is 27.8 Å². The van der Waals surface area contributed by atoms with Gasteiger partial charge in [0, 0.05) is 5.69 Å². The van der Waals surface area contributed by atoms with Crippen molar-refractivity contribution in [3.63, 3.8) is 0 Å². The molecule has 0 aliphatic heterocycles. The number of anilines is 2. The highest BCUT2D eigenvalue weighted by molar-refractivity contribution is 7.93. The summed E-state index contributed by atoms with van der Waals surface area (Å²) in [5.41, 5.74) is 4.90. The first-order chi connectivity index (χ1) is 15.4. The zero-order chi connectivity index (χ0) is 24.6. The van der Waals surface area contributed by atoms with Gasteiger partial charge in [-0.1, -0.05) is 12.1 Å². The van der Waals surface area contributed by atoms with Crippen molar-refractivity contribution >= 4 is 31.4 Å². The van der Waals surface area contributed by atoms with Gasteiger partial charge < -0.3 is 4.74 Å². The van der Waals surface area contributed by atoms with E-state index in [4.69, 9.17) is 4.74 Å². The monoisotopic (exact) mass is 488 g/mol. The molecule has 176 valence electrons. The van der Waals surface area contributed by atoms with Crippen LogP contribution in [-0.2, 0) is 20.0 Å². The standard InChI is InChI=1S/C24H28N2O5S2/c1-15-16(2)18(4)24(19(5)17(15)3)33(29,30)25-20-11-13-21(14-12-20)32(27,28)26-22-9-7-8-10-23(22)31-6/h7-14,25-26H,1-6H3. The van der Waals surface area contributed by atoms with E-state index >= 15 is 0 Å². The summed E-state index contributed by atoms with van der Waals surface area (Å²) in [6.45, 7) is 9.38. The van der Waals surface area contributed by atoms with Crippen LogP contribution >= 0.6 is 0 Å². The lowest BCUT2D eigenvalue weighted by Crippen LogP contribution is -2.18. The van der Waals surface area contributed by atoms with Gasteiger partial charge in [0.15, 0.2) is 0 Å². The van der Waals surface area contributed by atoms with Gasteiger partial charge >= 0.3 is 0 Å². The van der Waals surface area contributed by atoms with E-state index in [2.05, 4.69) is 9.44 Å². The molecule has 0 saturated carbocycles. The van der Waals surface area contributed by atoms with Crippen molar-refractivity contribution in [2.45, 2.75) is 44.4 Å². The van der Waals surface area contributed by atoms with Crippen molar-refractivity contribution < 1.29 is 21.6 Å². The molecule has 33 heavy (non-hydrogen) atoms. The average Bonchev–Trinajstić information content (AvgIpc) is 2.76. The van der Waals surface area contributed by atoms with Crippen LogP contribution in [0.25, 0.3) is 0 Å². The fourth-order valence-electron chi connectivity index (χ4n) is 3.71. The van der Waals surface area contributed by atoms with Gasteiger partial charge in [-0.3, -0.25) is 9.44 Å². The summed E-state index contributed by atoms with van der Waals surface area (Å²) in [7, 11) is -6.32. The Hall–Kier alpha value is -3.04. The minimum Gasteiger partial charge on any atom is -0.495 e. The first-order valence-electron chi connectivity index (χ1n) is 10.2. The van der Waals surface area contributed by atoms with Gasteiger partial charge in [0.2, 0.25) is 0 Å². The van der Waals surface area contributed by atoms with Crippen LogP contribution in [0, 0.1) is 34.6 Å². The maximum absolute atomic E-state index is 13.2. The van der Waals surface area contributed by atoms with E-state index in [0.29, 0.717) is 22.6 Å². The third-order valence-corrected chi connectivity index (χ3v) is 9.00. The Morgan fingerprint density at radius 2 is 1.15 bits per heavy atom. The fourth-order valence-corrected chi connectivity index (χ4v) is 6.44. The van der Waals surface area contributed by atoms with Crippen molar-refractivity contribution in [3.05, 3.63) is 76.3 Å². The van der Waals surface area contributed by atoms with Crippen molar-refractivity contribution in [2.75, 3.05) is 16.6 Å². The topological polar surface area (TPSA) is 102 Å². The van der Waals surface area contributed by atoms with E-state index in [-0.39, 0.29) is 15.5 Å². The highest BCUT2D eigenvalue weighted by atomic mass is 32.2. The SMILES string of the molecule is COc1ccccc1NS(=O)(=O)c1ccc(NS(=O)(=O)c2c(C)c(C)c(C)c(C)c2C)cc1. The lowest BCUT2D eigenvalue weighted by molar-refractivity contribution is 0.417. The van der Waals surface area contributed by atoms with E-state index in [0.717, 1.165) is 16.7 Å². The predicted molar refractivity (Wildman–Crippen MR) is 131 cm³/mol. The Balaban J connectivity index is 1.90. The van der Waals surface area contributed by atoms with Gasteiger partial charge in [-0.25, -0.2) is 16.8 Å². The Labute approximate surface area is 195 Å². The second-order valence-corrected chi connectivity index (χ2v) is 11.2. The van der Waals surface area contributed by atoms with Gasteiger partial charge in [-0.05, 0) is 98.8 Å². The summed E-state index contributed by atoms with van der Waals surface area (Å²) >= 11 is 0. The largest absolute Gasteiger partial charge is 0.495 e. The molecule has 0 unspecified atom stereocenters. The third-order valence-electron chi connectivity index (χ3n) is 5.97. The molecule has 0 saturated heterocycles. The summed E-state index contributed by atoms with van der Waals surface area (Å²) in [6.07, 6.45) is 0. The molecule has 3 aromatic carbocycles. The predicted octanol–water partition coefficient (Wildman–Crippen LogP) is 4.84. The van der Waals surface area contributed by atoms with Gasteiger partial charge in [-0.2, -0.15) is 0 Å². The second kappa shape index (κ2) is 9.07. The molecule has 0 aromatic heterocycles. The van der Waals surface area contributed by atoms with Crippen molar-refractivity contribution in [3.8, 4) is 5.75 Å². The number of sulfonamides is 2. The third kappa shape index (κ3) is 4.84. The minimum absolute atomic E-state index is 0.00857. The summed E-state index contributed by atoms with van der Waals surface area (Å²) in [6, 6.07) is 12.2. The highest BCUT2D eigenvalue weighted by Gasteiger charge is 2.24. The number of hydrogen-bond acceptors (Lipinski definition) is 5. The van der Waals surface area contributed by atoms with Crippen LogP contribution < -0.4 is 14.2 Å². The van der Waals surface area contributed by atoms with Crippen LogP contribution in [-0.4, -0.2) is 23.9 Å². The highest BCUT2D eigenvalue weighted by Crippen LogP contribution is 2.31. The van der Waals surface area contributed by atoms with E-state index < -0.39 is 20.0 Å². The molecule has 0 fully saturated rings. The van der Waals surface area contributed by atoms with Gasteiger partial charge in [-0.15, -0.1) is 0 Å². The lowest BCUT2D eigenvalue weighted by Gasteiger charge is -2.19. The van der Waals surface area contributed by atoms with Crippen molar-refractivity contribution in [2.24, 2.45) is 0 Å². The number of rotatable bonds is 7. The molecule has 0 heterocycles. The number of para-hydroxylation sites is 2. The number of benzene rings is 3. The molecule has 0 spiro atoms. The van der Waals surface area contributed by atoms with Gasteiger partial charge in [0.25, 0.3) is 20.0 Å². The molecule has 0 aliphatic rings. The molecule has 0 radical (unpaired) electrons. The molecule has 3 aromatic rings. The van der Waals surface area contributed by atoms with Crippen molar-refractivity contribution in [1.29, 1.82) is 0 Å². The van der Waals surface area contributed by atoms with Crippen LogP contribution in [0.2, 0.25) is 0 Å². The van der Waals surface area contributed by atoms with Gasteiger partial charge in [0.1, 0.15) is 5.75 Å². The fraction of sp³-hybridized carbons (Fsp3) is 0.250. The van der Waals surface area contributed by atoms with E-state index in [1.54, 1.807) is 38.1 Å². The quantitative estimate of drug-likeness (QED) is 0.496. The first kappa shape index (κ1) is 24.6. The smallest absolute Gasteiger partial charge is 0.262 e. The summed E-state index contributed by atoms with van der Waals surface area (Å²) in [5, 5.41) is 0. The maximum Gasteiger partial charge on any atom is 0.262 e. The molecule has 9 heteroatoms. The summed E-state index contributed by atoms with van der Waals surface area (Å²) in [4.78, 5) is 0.239.